The summed E-state index contributed by atoms with van der Waals surface area (Å²) < 4.78 is 0. The topological polar surface area (TPSA) is 75.3 Å². The number of nitrogens with one attached hydrogen (secondary N) is 2. The van der Waals surface area contributed by atoms with Gasteiger partial charge in [-0.1, -0.05) is 23.2 Å². The van der Waals surface area contributed by atoms with Gasteiger partial charge in [-0.25, -0.2) is 0 Å². The molecule has 0 aliphatic carbocycles. The normalized spacial score (nSPS) is 10.1. The van der Waals surface area contributed by atoms with Gasteiger partial charge in [-0.15, -0.1) is 0 Å². The van der Waals surface area contributed by atoms with E-state index >= 15 is 0 Å². The number of Topliss-reactive ketones (excluding diaryl/α,β-unsaturated/α-hetero) is 1. The highest BCUT2D eigenvalue weighted by atomic mass is 35.5. The number of carbonyl (C=O) groups excluding carboxylic acids is 3. The van der Waals surface area contributed by atoms with Crippen molar-refractivity contribution in [2.75, 3.05) is 11.9 Å². The quantitative estimate of drug-likeness (QED) is 0.796. The number of rotatable bonds is 5. The number of benzene rings is 2. The van der Waals surface area contributed by atoms with E-state index in [1.54, 1.807) is 30.3 Å². The Morgan fingerprint density at radius 3 is 2.25 bits per heavy atom. The van der Waals surface area contributed by atoms with Crippen LogP contribution in [-0.4, -0.2) is 24.1 Å². The molecule has 0 aliphatic rings. The van der Waals surface area contributed by atoms with Crippen LogP contribution in [0.25, 0.3) is 0 Å². The molecule has 0 saturated heterocycles. The summed E-state index contributed by atoms with van der Waals surface area (Å²) >= 11 is 11.7. The summed E-state index contributed by atoms with van der Waals surface area (Å²) in [5.74, 6) is -0.928. The van der Waals surface area contributed by atoms with E-state index < -0.39 is 11.8 Å². The first kappa shape index (κ1) is 18.0. The van der Waals surface area contributed by atoms with Crippen LogP contribution < -0.4 is 10.6 Å². The molecule has 0 fully saturated rings. The maximum absolute atomic E-state index is 12.0. The third-order valence-electron chi connectivity index (χ3n) is 3.16. The molecular weight excluding hydrogens is 351 g/mol. The smallest absolute Gasteiger partial charge is 0.253 e. The first-order chi connectivity index (χ1) is 11.4. The molecule has 0 radical (unpaired) electrons. The Morgan fingerprint density at radius 1 is 1.00 bits per heavy atom. The second kappa shape index (κ2) is 7.95. The van der Waals surface area contributed by atoms with Crippen molar-refractivity contribution < 1.29 is 14.4 Å². The average Bonchev–Trinajstić information content (AvgIpc) is 2.53. The Hall–Kier alpha value is -2.37. The Labute approximate surface area is 149 Å². The number of ketones is 1. The third kappa shape index (κ3) is 4.81. The van der Waals surface area contributed by atoms with Crippen molar-refractivity contribution in [1.82, 2.24) is 5.32 Å². The summed E-state index contributed by atoms with van der Waals surface area (Å²) in [5.41, 5.74) is 1.32. The Morgan fingerprint density at radius 2 is 1.67 bits per heavy atom. The van der Waals surface area contributed by atoms with Crippen LogP contribution in [0.5, 0.6) is 0 Å². The van der Waals surface area contributed by atoms with Crippen molar-refractivity contribution in [2.45, 2.75) is 6.92 Å². The van der Waals surface area contributed by atoms with Crippen molar-refractivity contribution in [3.05, 3.63) is 63.6 Å². The monoisotopic (exact) mass is 364 g/mol. The standard InChI is InChI=1S/C17H14Cl2N2O3/c1-10(22)11-2-5-13(6-3-11)21-16(23)9-20-17(24)14-7-4-12(18)8-15(14)19/h2-8H,9H2,1H3,(H,20,24)(H,21,23). The second-order valence-electron chi connectivity index (χ2n) is 4.99. The second-order valence-corrected chi connectivity index (χ2v) is 5.83. The van der Waals surface area contributed by atoms with E-state index in [0.717, 1.165) is 0 Å². The van der Waals surface area contributed by atoms with Crippen molar-refractivity contribution >= 4 is 46.5 Å². The molecule has 2 amide bonds. The van der Waals surface area contributed by atoms with Gasteiger partial charge in [0, 0.05) is 16.3 Å². The number of amides is 2. The predicted octanol–water partition coefficient (Wildman–Crippen LogP) is 3.56. The lowest BCUT2D eigenvalue weighted by molar-refractivity contribution is -0.115. The molecule has 124 valence electrons. The number of anilines is 1. The molecule has 2 aromatic carbocycles. The van der Waals surface area contributed by atoms with E-state index in [9.17, 15) is 14.4 Å². The fourth-order valence-electron chi connectivity index (χ4n) is 1.92. The summed E-state index contributed by atoms with van der Waals surface area (Å²) in [6, 6.07) is 10.9. The van der Waals surface area contributed by atoms with Gasteiger partial charge < -0.3 is 10.6 Å². The van der Waals surface area contributed by atoms with Crippen molar-refractivity contribution in [3.8, 4) is 0 Å². The Balaban J connectivity index is 1.90. The summed E-state index contributed by atoms with van der Waals surface area (Å²) in [5, 5.41) is 5.72. The Kier molecular flexibility index (Phi) is 5.95. The maximum Gasteiger partial charge on any atom is 0.253 e. The molecule has 2 rings (SSSR count). The van der Waals surface area contributed by atoms with Gasteiger partial charge in [-0.3, -0.25) is 14.4 Å². The molecule has 0 saturated carbocycles. The minimum absolute atomic E-state index is 0.0556. The van der Waals surface area contributed by atoms with Crippen molar-refractivity contribution in [1.29, 1.82) is 0 Å². The summed E-state index contributed by atoms with van der Waals surface area (Å²) in [7, 11) is 0. The van der Waals surface area contributed by atoms with Crippen LogP contribution >= 0.6 is 23.2 Å². The van der Waals surface area contributed by atoms with E-state index in [1.165, 1.54) is 19.1 Å². The molecule has 0 aromatic heterocycles. The molecule has 2 aromatic rings. The van der Waals surface area contributed by atoms with Gasteiger partial charge in [-0.2, -0.15) is 0 Å². The van der Waals surface area contributed by atoms with Crippen LogP contribution in [0.3, 0.4) is 0 Å². The molecule has 0 heterocycles. The van der Waals surface area contributed by atoms with Gasteiger partial charge in [0.05, 0.1) is 17.1 Å². The fraction of sp³-hybridized carbons (Fsp3) is 0.118. The molecule has 0 bridgehead atoms. The van der Waals surface area contributed by atoms with E-state index in [2.05, 4.69) is 10.6 Å². The van der Waals surface area contributed by atoms with E-state index in [1.807, 2.05) is 0 Å². The summed E-state index contributed by atoms with van der Waals surface area (Å²) in [6.45, 7) is 1.25. The average molecular weight is 365 g/mol. The van der Waals surface area contributed by atoms with Crippen molar-refractivity contribution in [3.63, 3.8) is 0 Å². The van der Waals surface area contributed by atoms with Crippen LogP contribution in [-0.2, 0) is 4.79 Å². The highest BCUT2D eigenvalue weighted by Gasteiger charge is 2.12. The number of halogens is 2. The summed E-state index contributed by atoms with van der Waals surface area (Å²) in [6.07, 6.45) is 0. The van der Waals surface area contributed by atoms with Crippen molar-refractivity contribution in [2.24, 2.45) is 0 Å². The molecule has 0 aliphatic heterocycles. The number of hydrogen-bond donors (Lipinski definition) is 2. The van der Waals surface area contributed by atoms with Gasteiger partial charge in [-0.05, 0) is 49.4 Å². The first-order valence-electron chi connectivity index (χ1n) is 7.01. The van der Waals surface area contributed by atoms with Gasteiger partial charge in [0.15, 0.2) is 5.78 Å². The van der Waals surface area contributed by atoms with Gasteiger partial charge >= 0.3 is 0 Å². The maximum atomic E-state index is 12.0. The lowest BCUT2D eigenvalue weighted by atomic mass is 10.1. The SMILES string of the molecule is CC(=O)c1ccc(NC(=O)CNC(=O)c2ccc(Cl)cc2Cl)cc1. The highest BCUT2D eigenvalue weighted by molar-refractivity contribution is 6.36. The molecule has 5 nitrogen and oxygen atoms in total. The minimum atomic E-state index is -0.473. The zero-order valence-corrected chi connectivity index (χ0v) is 14.2. The zero-order chi connectivity index (χ0) is 17.7. The molecule has 7 heteroatoms. The van der Waals surface area contributed by atoms with Crippen LogP contribution in [0.2, 0.25) is 10.0 Å². The van der Waals surface area contributed by atoms with E-state index in [0.29, 0.717) is 16.3 Å². The third-order valence-corrected chi connectivity index (χ3v) is 3.71. The zero-order valence-electron chi connectivity index (χ0n) is 12.7. The van der Waals surface area contributed by atoms with Gasteiger partial charge in [0.2, 0.25) is 5.91 Å². The van der Waals surface area contributed by atoms with Crippen LogP contribution in [0.4, 0.5) is 5.69 Å². The molecule has 0 spiro atoms. The number of carbonyl (C=O) groups is 3. The molecule has 0 unspecified atom stereocenters. The number of hydrogen-bond acceptors (Lipinski definition) is 3. The lowest BCUT2D eigenvalue weighted by Crippen LogP contribution is -2.33. The van der Waals surface area contributed by atoms with Crippen LogP contribution in [0.1, 0.15) is 27.6 Å². The van der Waals surface area contributed by atoms with Crippen LogP contribution in [0, 0.1) is 0 Å². The fourth-order valence-corrected chi connectivity index (χ4v) is 2.42. The lowest BCUT2D eigenvalue weighted by Gasteiger charge is -2.08. The Bertz CT molecular complexity index is 789. The minimum Gasteiger partial charge on any atom is -0.343 e. The predicted molar refractivity (Wildman–Crippen MR) is 93.9 cm³/mol. The first-order valence-corrected chi connectivity index (χ1v) is 7.76. The highest BCUT2D eigenvalue weighted by Crippen LogP contribution is 2.20. The summed E-state index contributed by atoms with van der Waals surface area (Å²) in [4.78, 5) is 35.0. The molecule has 24 heavy (non-hydrogen) atoms. The van der Waals surface area contributed by atoms with Crippen LogP contribution in [0.15, 0.2) is 42.5 Å². The van der Waals surface area contributed by atoms with Gasteiger partial charge in [0.25, 0.3) is 5.91 Å². The molecule has 2 N–H and O–H groups in total. The van der Waals surface area contributed by atoms with Gasteiger partial charge in [0.1, 0.15) is 0 Å². The van der Waals surface area contributed by atoms with E-state index in [-0.39, 0.29) is 22.9 Å². The molecular formula is C17H14Cl2N2O3. The van der Waals surface area contributed by atoms with E-state index in [4.69, 9.17) is 23.2 Å². The largest absolute Gasteiger partial charge is 0.343 e. The molecule has 0 atom stereocenters.